The van der Waals surface area contributed by atoms with Crippen molar-refractivity contribution in [3.05, 3.63) is 51.0 Å². The molecule has 0 unspecified atom stereocenters. The van der Waals surface area contributed by atoms with E-state index in [1.54, 1.807) is 18.2 Å². The first-order valence-electron chi connectivity index (χ1n) is 5.90. The Labute approximate surface area is 131 Å². The second-order valence-electron chi connectivity index (χ2n) is 4.27. The van der Waals surface area contributed by atoms with E-state index in [9.17, 15) is 0 Å². The Kier molecular flexibility index (Phi) is 3.83. The number of hydrogen-bond acceptors (Lipinski definition) is 3. The molecule has 1 heterocycles. The minimum atomic E-state index is 0.217. The molecule has 3 rings (SSSR count). The van der Waals surface area contributed by atoms with Crippen LogP contribution < -0.4 is 14.8 Å². The van der Waals surface area contributed by atoms with Gasteiger partial charge < -0.3 is 14.8 Å². The highest BCUT2D eigenvalue weighted by Crippen LogP contribution is 2.39. The average Bonchev–Trinajstić information content (AvgIpc) is 2.86. The Morgan fingerprint density at radius 3 is 2.50 bits per heavy atom. The van der Waals surface area contributed by atoms with Gasteiger partial charge in [0.15, 0.2) is 11.5 Å². The molecule has 104 valence electrons. The van der Waals surface area contributed by atoms with E-state index in [0.717, 1.165) is 11.3 Å². The van der Waals surface area contributed by atoms with E-state index in [1.165, 1.54) is 0 Å². The zero-order valence-electron chi connectivity index (χ0n) is 10.3. The molecule has 0 aromatic heterocycles. The first-order chi connectivity index (χ1) is 9.63. The molecule has 2 aromatic carbocycles. The fourth-order valence-electron chi connectivity index (χ4n) is 1.92. The first-order valence-corrected chi connectivity index (χ1v) is 7.04. The van der Waals surface area contributed by atoms with Crippen LogP contribution >= 0.6 is 34.8 Å². The van der Waals surface area contributed by atoms with E-state index < -0.39 is 0 Å². The van der Waals surface area contributed by atoms with Crippen molar-refractivity contribution < 1.29 is 9.47 Å². The molecule has 3 nitrogen and oxygen atoms in total. The third-order valence-electron chi connectivity index (χ3n) is 2.94. The maximum Gasteiger partial charge on any atom is 0.231 e. The van der Waals surface area contributed by atoms with Crippen LogP contribution in [0.4, 0.5) is 5.69 Å². The lowest BCUT2D eigenvalue weighted by Crippen LogP contribution is -2.00. The summed E-state index contributed by atoms with van der Waals surface area (Å²) in [4.78, 5) is 0. The quantitative estimate of drug-likeness (QED) is 0.860. The number of rotatable bonds is 3. The highest BCUT2D eigenvalue weighted by molar-refractivity contribution is 6.34. The maximum atomic E-state index is 6.19. The predicted molar refractivity (Wildman–Crippen MR) is 81.4 cm³/mol. The number of anilines is 1. The van der Waals surface area contributed by atoms with Crippen molar-refractivity contribution >= 4 is 40.5 Å². The Balaban J connectivity index is 1.80. The van der Waals surface area contributed by atoms with Crippen LogP contribution in [0.5, 0.6) is 11.5 Å². The zero-order chi connectivity index (χ0) is 14.1. The van der Waals surface area contributed by atoms with E-state index in [1.807, 2.05) is 12.1 Å². The van der Waals surface area contributed by atoms with Crippen molar-refractivity contribution in [2.75, 3.05) is 12.1 Å². The Morgan fingerprint density at radius 2 is 1.70 bits per heavy atom. The fraction of sp³-hybridized carbons (Fsp3) is 0.143. The summed E-state index contributed by atoms with van der Waals surface area (Å²) in [5.74, 6) is 1.33. The SMILES string of the molecule is Clc1ccc(Cl)c(CNc2cc3c(cc2Cl)OCO3)c1. The largest absolute Gasteiger partial charge is 0.454 e. The molecule has 20 heavy (non-hydrogen) atoms. The van der Waals surface area contributed by atoms with Crippen molar-refractivity contribution in [1.29, 1.82) is 0 Å². The lowest BCUT2D eigenvalue weighted by atomic mass is 10.2. The summed E-state index contributed by atoms with van der Waals surface area (Å²) in [7, 11) is 0. The van der Waals surface area contributed by atoms with E-state index in [4.69, 9.17) is 44.3 Å². The fourth-order valence-corrected chi connectivity index (χ4v) is 2.52. The van der Waals surface area contributed by atoms with Crippen molar-refractivity contribution in [2.24, 2.45) is 0 Å². The number of hydrogen-bond donors (Lipinski definition) is 1. The minimum Gasteiger partial charge on any atom is -0.454 e. The van der Waals surface area contributed by atoms with Gasteiger partial charge in [-0.15, -0.1) is 0 Å². The van der Waals surface area contributed by atoms with Gasteiger partial charge in [-0.05, 0) is 23.8 Å². The molecule has 0 atom stereocenters. The maximum absolute atomic E-state index is 6.19. The Hall–Kier alpha value is -1.29. The topological polar surface area (TPSA) is 30.5 Å². The first kappa shape index (κ1) is 13.7. The van der Waals surface area contributed by atoms with Gasteiger partial charge >= 0.3 is 0 Å². The zero-order valence-corrected chi connectivity index (χ0v) is 12.5. The molecule has 0 saturated heterocycles. The number of fused-ring (bicyclic) bond motifs is 1. The summed E-state index contributed by atoms with van der Waals surface area (Å²) in [5.41, 5.74) is 1.65. The molecule has 1 N–H and O–H groups in total. The van der Waals surface area contributed by atoms with Crippen molar-refractivity contribution in [1.82, 2.24) is 0 Å². The van der Waals surface area contributed by atoms with E-state index in [-0.39, 0.29) is 6.79 Å². The van der Waals surface area contributed by atoms with Crippen LogP contribution in [-0.4, -0.2) is 6.79 Å². The van der Waals surface area contributed by atoms with Gasteiger partial charge in [-0.2, -0.15) is 0 Å². The van der Waals surface area contributed by atoms with Gasteiger partial charge in [-0.3, -0.25) is 0 Å². The van der Waals surface area contributed by atoms with E-state index in [2.05, 4.69) is 5.32 Å². The van der Waals surface area contributed by atoms with Gasteiger partial charge in [-0.1, -0.05) is 34.8 Å². The van der Waals surface area contributed by atoms with Gasteiger partial charge in [0, 0.05) is 28.7 Å². The number of benzene rings is 2. The molecule has 0 radical (unpaired) electrons. The van der Waals surface area contributed by atoms with Crippen molar-refractivity contribution in [3.8, 4) is 11.5 Å². The minimum absolute atomic E-state index is 0.217. The van der Waals surface area contributed by atoms with Crippen molar-refractivity contribution in [2.45, 2.75) is 6.54 Å². The third kappa shape index (κ3) is 2.75. The molecule has 0 saturated carbocycles. The summed E-state index contributed by atoms with van der Waals surface area (Å²) >= 11 is 18.3. The Morgan fingerprint density at radius 1 is 0.950 bits per heavy atom. The third-order valence-corrected chi connectivity index (χ3v) is 3.86. The average molecular weight is 331 g/mol. The van der Waals surface area contributed by atoms with Gasteiger partial charge in [0.1, 0.15) is 0 Å². The summed E-state index contributed by atoms with van der Waals surface area (Å²) in [6.45, 7) is 0.730. The summed E-state index contributed by atoms with van der Waals surface area (Å²) in [5, 5.41) is 5.07. The van der Waals surface area contributed by atoms with Crippen LogP contribution in [0, 0.1) is 0 Å². The molecule has 0 amide bonds. The molecule has 1 aliphatic rings. The predicted octanol–water partition coefficient (Wildman–Crippen LogP) is 4.99. The molecule has 0 fully saturated rings. The summed E-state index contributed by atoms with van der Waals surface area (Å²) in [6.07, 6.45) is 0. The van der Waals surface area contributed by atoms with Crippen LogP contribution in [0.15, 0.2) is 30.3 Å². The number of ether oxygens (including phenoxy) is 2. The van der Waals surface area contributed by atoms with Crippen LogP contribution in [0.3, 0.4) is 0 Å². The lowest BCUT2D eigenvalue weighted by Gasteiger charge is -2.11. The molecular formula is C14H10Cl3NO2. The highest BCUT2D eigenvalue weighted by atomic mass is 35.5. The van der Waals surface area contributed by atoms with Crippen LogP contribution in [0.2, 0.25) is 15.1 Å². The van der Waals surface area contributed by atoms with E-state index in [0.29, 0.717) is 33.1 Å². The normalized spacial score (nSPS) is 12.6. The van der Waals surface area contributed by atoms with Crippen molar-refractivity contribution in [3.63, 3.8) is 0 Å². The number of nitrogens with one attached hydrogen (secondary N) is 1. The highest BCUT2D eigenvalue weighted by Gasteiger charge is 2.16. The molecule has 0 spiro atoms. The molecule has 2 aromatic rings. The smallest absolute Gasteiger partial charge is 0.231 e. The molecular weight excluding hydrogens is 321 g/mol. The van der Waals surface area contributed by atoms with Gasteiger partial charge in [0.2, 0.25) is 6.79 Å². The summed E-state index contributed by atoms with van der Waals surface area (Å²) in [6, 6.07) is 8.87. The standard InChI is InChI=1S/C14H10Cl3NO2/c15-9-1-2-10(16)8(3-9)6-18-12-5-14-13(4-11(12)17)19-7-20-14/h1-5,18H,6-7H2. The summed E-state index contributed by atoms with van der Waals surface area (Å²) < 4.78 is 10.6. The second-order valence-corrected chi connectivity index (χ2v) is 5.53. The van der Waals surface area contributed by atoms with Gasteiger partial charge in [0.25, 0.3) is 0 Å². The monoisotopic (exact) mass is 329 g/mol. The number of halogens is 3. The molecule has 6 heteroatoms. The van der Waals surface area contributed by atoms with Crippen LogP contribution in [0.1, 0.15) is 5.56 Å². The lowest BCUT2D eigenvalue weighted by molar-refractivity contribution is 0.174. The van der Waals surface area contributed by atoms with Crippen LogP contribution in [0.25, 0.3) is 0 Å². The second kappa shape index (κ2) is 5.60. The molecule has 0 aliphatic carbocycles. The molecule has 0 bridgehead atoms. The van der Waals surface area contributed by atoms with Crippen LogP contribution in [-0.2, 0) is 6.54 Å². The van der Waals surface area contributed by atoms with Gasteiger partial charge in [0.05, 0.1) is 10.7 Å². The van der Waals surface area contributed by atoms with Gasteiger partial charge in [-0.25, -0.2) is 0 Å². The molecule has 1 aliphatic heterocycles. The van der Waals surface area contributed by atoms with E-state index >= 15 is 0 Å². The Bertz CT molecular complexity index is 661.